The van der Waals surface area contributed by atoms with Gasteiger partial charge in [-0.3, -0.25) is 9.97 Å². The predicted molar refractivity (Wildman–Crippen MR) is 75.1 cm³/mol. The molecule has 0 saturated heterocycles. The van der Waals surface area contributed by atoms with Crippen molar-refractivity contribution in [3.8, 4) is 0 Å². The molecule has 3 nitrogen and oxygen atoms in total. The SMILES string of the molecule is OC(c1ccc2ncccc2c1)c1ccncc1Cl. The summed E-state index contributed by atoms with van der Waals surface area (Å²) >= 11 is 6.05. The van der Waals surface area contributed by atoms with Crippen LogP contribution in [0, 0.1) is 0 Å². The summed E-state index contributed by atoms with van der Waals surface area (Å²) in [5, 5.41) is 11.8. The summed E-state index contributed by atoms with van der Waals surface area (Å²) in [7, 11) is 0. The number of hydrogen-bond donors (Lipinski definition) is 1. The Bertz CT molecular complexity index is 730. The number of nitrogens with zero attached hydrogens (tertiary/aromatic N) is 2. The maximum absolute atomic E-state index is 10.4. The number of aliphatic hydroxyl groups is 1. The second-order valence-electron chi connectivity index (χ2n) is 4.26. The standard InChI is InChI=1S/C15H11ClN2O/c16-13-9-17-7-5-12(13)15(19)11-3-4-14-10(8-11)2-1-6-18-14/h1-9,15,19H. The fraction of sp³-hybridized carbons (Fsp3) is 0.0667. The van der Waals surface area contributed by atoms with Crippen LogP contribution in [0.25, 0.3) is 10.9 Å². The molecule has 0 bridgehead atoms. The van der Waals surface area contributed by atoms with E-state index in [2.05, 4.69) is 9.97 Å². The van der Waals surface area contributed by atoms with Gasteiger partial charge in [-0.2, -0.15) is 0 Å². The number of benzene rings is 1. The average molecular weight is 271 g/mol. The van der Waals surface area contributed by atoms with Crippen LogP contribution in [-0.4, -0.2) is 15.1 Å². The Morgan fingerprint density at radius 3 is 2.84 bits per heavy atom. The lowest BCUT2D eigenvalue weighted by atomic mass is 10.0. The molecule has 3 rings (SSSR count). The topological polar surface area (TPSA) is 46.0 Å². The lowest BCUT2D eigenvalue weighted by Crippen LogP contribution is -2.00. The Morgan fingerprint density at radius 2 is 2.00 bits per heavy atom. The summed E-state index contributed by atoms with van der Waals surface area (Å²) in [6, 6.07) is 11.2. The highest BCUT2D eigenvalue weighted by Crippen LogP contribution is 2.28. The van der Waals surface area contributed by atoms with Gasteiger partial charge in [-0.05, 0) is 29.8 Å². The number of aliphatic hydroxyl groups excluding tert-OH is 1. The maximum Gasteiger partial charge on any atom is 0.106 e. The fourth-order valence-electron chi connectivity index (χ4n) is 2.05. The Hall–Kier alpha value is -1.97. The Kier molecular flexibility index (Phi) is 3.15. The van der Waals surface area contributed by atoms with E-state index in [9.17, 15) is 5.11 Å². The van der Waals surface area contributed by atoms with Crippen molar-refractivity contribution in [2.45, 2.75) is 6.10 Å². The van der Waals surface area contributed by atoms with Crippen molar-refractivity contribution < 1.29 is 5.11 Å². The number of pyridine rings is 2. The molecular formula is C15H11ClN2O. The second-order valence-corrected chi connectivity index (χ2v) is 4.66. The van der Waals surface area contributed by atoms with Crippen molar-refractivity contribution in [2.24, 2.45) is 0 Å². The molecular weight excluding hydrogens is 260 g/mol. The molecule has 0 aliphatic heterocycles. The molecule has 1 unspecified atom stereocenters. The van der Waals surface area contributed by atoms with E-state index in [1.165, 1.54) is 6.20 Å². The first-order valence-corrected chi connectivity index (χ1v) is 6.25. The van der Waals surface area contributed by atoms with Gasteiger partial charge in [0.25, 0.3) is 0 Å². The summed E-state index contributed by atoms with van der Waals surface area (Å²) in [5.41, 5.74) is 2.34. The highest BCUT2D eigenvalue weighted by Gasteiger charge is 2.14. The molecule has 94 valence electrons. The van der Waals surface area contributed by atoms with Gasteiger partial charge in [0.2, 0.25) is 0 Å². The van der Waals surface area contributed by atoms with Crippen molar-refractivity contribution in [1.82, 2.24) is 9.97 Å². The Balaban J connectivity index is 2.07. The lowest BCUT2D eigenvalue weighted by molar-refractivity contribution is 0.220. The molecule has 0 aliphatic rings. The van der Waals surface area contributed by atoms with Crippen LogP contribution in [0.1, 0.15) is 17.2 Å². The first-order valence-electron chi connectivity index (χ1n) is 5.88. The van der Waals surface area contributed by atoms with E-state index in [-0.39, 0.29) is 0 Å². The van der Waals surface area contributed by atoms with Crippen molar-refractivity contribution in [1.29, 1.82) is 0 Å². The van der Waals surface area contributed by atoms with Crippen LogP contribution >= 0.6 is 11.6 Å². The number of halogens is 1. The maximum atomic E-state index is 10.4. The molecule has 3 aromatic rings. The minimum atomic E-state index is -0.764. The molecule has 0 aliphatic carbocycles. The molecule has 4 heteroatoms. The van der Waals surface area contributed by atoms with E-state index in [0.717, 1.165) is 16.5 Å². The highest BCUT2D eigenvalue weighted by atomic mass is 35.5. The first kappa shape index (κ1) is 12.1. The molecule has 0 radical (unpaired) electrons. The quantitative estimate of drug-likeness (QED) is 0.777. The van der Waals surface area contributed by atoms with Gasteiger partial charge in [-0.25, -0.2) is 0 Å². The number of aromatic nitrogens is 2. The molecule has 1 N–H and O–H groups in total. The van der Waals surface area contributed by atoms with Crippen molar-refractivity contribution in [2.75, 3.05) is 0 Å². The summed E-state index contributed by atoms with van der Waals surface area (Å²) in [6.45, 7) is 0. The third-order valence-corrected chi connectivity index (χ3v) is 3.36. The first-order chi connectivity index (χ1) is 9.25. The van der Waals surface area contributed by atoms with Crippen LogP contribution in [0.3, 0.4) is 0 Å². The van der Waals surface area contributed by atoms with E-state index in [1.807, 2.05) is 30.3 Å². The third-order valence-electron chi connectivity index (χ3n) is 3.04. The minimum Gasteiger partial charge on any atom is -0.384 e. The van der Waals surface area contributed by atoms with Gasteiger partial charge in [-0.15, -0.1) is 0 Å². The molecule has 0 amide bonds. The zero-order chi connectivity index (χ0) is 13.2. The summed E-state index contributed by atoms with van der Waals surface area (Å²) in [5.74, 6) is 0. The van der Waals surface area contributed by atoms with Gasteiger partial charge in [-0.1, -0.05) is 23.7 Å². The predicted octanol–water partition coefficient (Wildman–Crippen LogP) is 3.36. The normalized spacial score (nSPS) is 12.5. The van der Waals surface area contributed by atoms with Crippen LogP contribution in [0.2, 0.25) is 5.02 Å². The number of fused-ring (bicyclic) bond motifs is 1. The highest BCUT2D eigenvalue weighted by molar-refractivity contribution is 6.31. The van der Waals surface area contributed by atoms with Gasteiger partial charge in [0.1, 0.15) is 6.10 Å². The van der Waals surface area contributed by atoms with E-state index >= 15 is 0 Å². The largest absolute Gasteiger partial charge is 0.384 e. The average Bonchev–Trinajstić information content (AvgIpc) is 2.46. The third kappa shape index (κ3) is 2.30. The Morgan fingerprint density at radius 1 is 1.11 bits per heavy atom. The van der Waals surface area contributed by atoms with Crippen LogP contribution in [0.15, 0.2) is 55.0 Å². The summed E-state index contributed by atoms with van der Waals surface area (Å²) < 4.78 is 0. The zero-order valence-corrected chi connectivity index (χ0v) is 10.7. The molecule has 0 saturated carbocycles. The molecule has 2 heterocycles. The van der Waals surface area contributed by atoms with Gasteiger partial charge in [0.05, 0.1) is 10.5 Å². The summed E-state index contributed by atoms with van der Waals surface area (Å²) in [4.78, 5) is 8.17. The molecule has 19 heavy (non-hydrogen) atoms. The van der Waals surface area contributed by atoms with E-state index in [1.54, 1.807) is 18.5 Å². The second kappa shape index (κ2) is 4.96. The van der Waals surface area contributed by atoms with E-state index in [0.29, 0.717) is 10.6 Å². The summed E-state index contributed by atoms with van der Waals surface area (Å²) in [6.07, 6.45) is 4.13. The van der Waals surface area contributed by atoms with Gasteiger partial charge in [0.15, 0.2) is 0 Å². The lowest BCUT2D eigenvalue weighted by Gasteiger charge is -2.13. The van der Waals surface area contributed by atoms with Gasteiger partial charge < -0.3 is 5.11 Å². The van der Waals surface area contributed by atoms with Crippen LogP contribution in [0.4, 0.5) is 0 Å². The number of hydrogen-bond acceptors (Lipinski definition) is 3. The molecule has 0 fully saturated rings. The van der Waals surface area contributed by atoms with Crippen molar-refractivity contribution >= 4 is 22.5 Å². The van der Waals surface area contributed by atoms with Crippen molar-refractivity contribution in [3.05, 3.63) is 71.1 Å². The molecule has 0 spiro atoms. The smallest absolute Gasteiger partial charge is 0.106 e. The zero-order valence-electron chi connectivity index (χ0n) is 9.99. The molecule has 2 aromatic heterocycles. The Labute approximate surface area is 115 Å². The minimum absolute atomic E-state index is 0.460. The molecule has 1 aromatic carbocycles. The number of rotatable bonds is 2. The van der Waals surface area contributed by atoms with E-state index < -0.39 is 6.10 Å². The van der Waals surface area contributed by atoms with Crippen LogP contribution in [-0.2, 0) is 0 Å². The molecule has 1 atom stereocenters. The van der Waals surface area contributed by atoms with Crippen LogP contribution < -0.4 is 0 Å². The van der Waals surface area contributed by atoms with Gasteiger partial charge in [0, 0.05) is 29.5 Å². The fourth-order valence-corrected chi connectivity index (χ4v) is 2.27. The van der Waals surface area contributed by atoms with Crippen molar-refractivity contribution in [3.63, 3.8) is 0 Å². The van der Waals surface area contributed by atoms with Crippen LogP contribution in [0.5, 0.6) is 0 Å². The monoisotopic (exact) mass is 270 g/mol. The van der Waals surface area contributed by atoms with Gasteiger partial charge >= 0.3 is 0 Å². The van der Waals surface area contributed by atoms with E-state index in [4.69, 9.17) is 11.6 Å².